The van der Waals surface area contributed by atoms with Gasteiger partial charge >= 0.3 is 0 Å². The topological polar surface area (TPSA) is 12.0 Å². The molecule has 3 heteroatoms. The summed E-state index contributed by atoms with van der Waals surface area (Å²) >= 11 is 0. The number of nitrogens with one attached hydrogen (secondary N) is 1. The molecule has 0 aromatic heterocycles. The lowest BCUT2D eigenvalue weighted by Gasteiger charge is -2.24. The molecule has 0 spiro atoms. The van der Waals surface area contributed by atoms with Crippen molar-refractivity contribution in [2.45, 2.75) is 25.3 Å². The van der Waals surface area contributed by atoms with E-state index in [0.717, 1.165) is 12.0 Å². The Labute approximate surface area is 59.1 Å². The lowest BCUT2D eigenvalue weighted by atomic mass is 10.0. The number of hydrogen-bond acceptors (Lipinski definition) is 1. The highest BCUT2D eigenvalue weighted by molar-refractivity contribution is 5.02. The highest BCUT2D eigenvalue weighted by atomic mass is 19.3. The molecule has 0 radical (unpaired) electrons. The number of rotatable bonds is 1. The zero-order valence-electron chi connectivity index (χ0n) is 5.74. The minimum atomic E-state index is -2.25. The molecule has 10 heavy (non-hydrogen) atoms. The van der Waals surface area contributed by atoms with Crippen LogP contribution in [0.3, 0.4) is 0 Å². The van der Waals surface area contributed by atoms with E-state index in [1.165, 1.54) is 0 Å². The second-order valence-electron chi connectivity index (χ2n) is 2.60. The van der Waals surface area contributed by atoms with Gasteiger partial charge in [-0.2, -0.15) is 0 Å². The number of hydrogen-bond donors (Lipinski definition) is 1. The SMILES string of the molecule is C=C1CCNC(C(F)F)C1. The van der Waals surface area contributed by atoms with Crippen molar-refractivity contribution < 1.29 is 8.78 Å². The van der Waals surface area contributed by atoms with Crippen molar-refractivity contribution in [3.8, 4) is 0 Å². The fourth-order valence-corrected chi connectivity index (χ4v) is 1.10. The summed E-state index contributed by atoms with van der Waals surface area (Å²) < 4.78 is 24.0. The van der Waals surface area contributed by atoms with Gasteiger partial charge < -0.3 is 5.32 Å². The predicted octanol–water partition coefficient (Wildman–Crippen LogP) is 1.56. The lowest BCUT2D eigenvalue weighted by molar-refractivity contribution is 0.0934. The van der Waals surface area contributed by atoms with Crippen LogP contribution in [0.4, 0.5) is 8.78 Å². The summed E-state index contributed by atoms with van der Waals surface area (Å²) in [6, 6.07) is -0.652. The van der Waals surface area contributed by atoms with Crippen LogP contribution in [-0.2, 0) is 0 Å². The van der Waals surface area contributed by atoms with E-state index in [-0.39, 0.29) is 0 Å². The highest BCUT2D eigenvalue weighted by Crippen LogP contribution is 2.17. The number of alkyl halides is 2. The monoisotopic (exact) mass is 147 g/mol. The lowest BCUT2D eigenvalue weighted by Crippen LogP contribution is -2.40. The molecule has 0 aromatic rings. The van der Waals surface area contributed by atoms with Gasteiger partial charge in [-0.25, -0.2) is 8.78 Å². The van der Waals surface area contributed by atoms with Gasteiger partial charge in [-0.05, 0) is 19.4 Å². The molecular weight excluding hydrogens is 136 g/mol. The molecule has 58 valence electrons. The third-order valence-electron chi connectivity index (χ3n) is 1.70. The van der Waals surface area contributed by atoms with Crippen LogP contribution < -0.4 is 5.32 Å². The Morgan fingerprint density at radius 3 is 2.70 bits per heavy atom. The van der Waals surface area contributed by atoms with E-state index in [1.54, 1.807) is 0 Å². The molecule has 1 atom stereocenters. The molecule has 0 aromatic carbocycles. The fraction of sp³-hybridized carbons (Fsp3) is 0.714. The maximum atomic E-state index is 12.0. The molecule has 1 fully saturated rings. The largest absolute Gasteiger partial charge is 0.308 e. The zero-order chi connectivity index (χ0) is 7.56. The predicted molar refractivity (Wildman–Crippen MR) is 36.2 cm³/mol. The van der Waals surface area contributed by atoms with Crippen LogP contribution in [0.1, 0.15) is 12.8 Å². The smallest absolute Gasteiger partial charge is 0.253 e. The highest BCUT2D eigenvalue weighted by Gasteiger charge is 2.23. The average molecular weight is 147 g/mol. The molecule has 1 rings (SSSR count). The molecule has 1 aliphatic heterocycles. The molecule has 1 N–H and O–H groups in total. The first-order valence-electron chi connectivity index (χ1n) is 3.38. The number of halogens is 2. The van der Waals surface area contributed by atoms with E-state index in [2.05, 4.69) is 11.9 Å². The van der Waals surface area contributed by atoms with Gasteiger partial charge in [-0.3, -0.25) is 0 Å². The Balaban J connectivity index is 2.39. The van der Waals surface area contributed by atoms with Crippen LogP contribution in [0.2, 0.25) is 0 Å². The molecular formula is C7H11F2N. The Morgan fingerprint density at radius 1 is 1.60 bits per heavy atom. The molecule has 1 heterocycles. The third kappa shape index (κ3) is 1.77. The molecule has 0 amide bonds. The Kier molecular flexibility index (Phi) is 2.38. The van der Waals surface area contributed by atoms with Crippen LogP contribution in [0.5, 0.6) is 0 Å². The molecule has 1 saturated heterocycles. The van der Waals surface area contributed by atoms with Gasteiger partial charge in [-0.1, -0.05) is 12.2 Å². The van der Waals surface area contributed by atoms with Crippen LogP contribution >= 0.6 is 0 Å². The summed E-state index contributed by atoms with van der Waals surface area (Å²) in [4.78, 5) is 0. The molecule has 1 unspecified atom stereocenters. The quantitative estimate of drug-likeness (QED) is 0.555. The van der Waals surface area contributed by atoms with Crippen molar-refractivity contribution >= 4 is 0 Å². The first-order valence-corrected chi connectivity index (χ1v) is 3.38. The molecule has 1 nitrogen and oxygen atoms in total. The summed E-state index contributed by atoms with van der Waals surface area (Å²) in [5, 5.41) is 2.74. The Morgan fingerprint density at radius 2 is 2.30 bits per heavy atom. The van der Waals surface area contributed by atoms with Gasteiger partial charge in [0.1, 0.15) is 0 Å². The van der Waals surface area contributed by atoms with Crippen LogP contribution in [0, 0.1) is 0 Å². The number of piperidine rings is 1. The molecule has 0 aliphatic carbocycles. The van der Waals surface area contributed by atoms with E-state index in [9.17, 15) is 8.78 Å². The van der Waals surface area contributed by atoms with Crippen molar-refractivity contribution in [1.29, 1.82) is 0 Å². The van der Waals surface area contributed by atoms with Gasteiger partial charge in [0.25, 0.3) is 6.43 Å². The summed E-state index contributed by atoms with van der Waals surface area (Å²) in [6.07, 6.45) is -0.988. The van der Waals surface area contributed by atoms with Crippen molar-refractivity contribution in [3.05, 3.63) is 12.2 Å². The average Bonchev–Trinajstić information content (AvgIpc) is 1.88. The molecule has 0 bridgehead atoms. The maximum absolute atomic E-state index is 12.0. The van der Waals surface area contributed by atoms with Crippen molar-refractivity contribution in [1.82, 2.24) is 5.32 Å². The van der Waals surface area contributed by atoms with E-state index in [0.29, 0.717) is 13.0 Å². The Hall–Kier alpha value is -0.440. The fourth-order valence-electron chi connectivity index (χ4n) is 1.10. The van der Waals surface area contributed by atoms with Crippen molar-refractivity contribution in [2.75, 3.05) is 6.54 Å². The second-order valence-corrected chi connectivity index (χ2v) is 2.60. The summed E-state index contributed by atoms with van der Waals surface area (Å²) in [5.74, 6) is 0. The summed E-state index contributed by atoms with van der Waals surface area (Å²) in [5.41, 5.74) is 0.934. The molecule has 1 aliphatic rings. The minimum absolute atomic E-state index is 0.428. The van der Waals surface area contributed by atoms with Gasteiger partial charge in [-0.15, -0.1) is 0 Å². The standard InChI is InChI=1S/C7H11F2N/c1-5-2-3-10-6(4-5)7(8)9/h6-7,10H,1-4H2. The Bertz CT molecular complexity index is 134. The zero-order valence-corrected chi connectivity index (χ0v) is 5.74. The first-order chi connectivity index (χ1) is 4.70. The van der Waals surface area contributed by atoms with Crippen LogP contribution in [-0.4, -0.2) is 19.0 Å². The summed E-state index contributed by atoms with van der Waals surface area (Å²) in [7, 11) is 0. The van der Waals surface area contributed by atoms with E-state index < -0.39 is 12.5 Å². The van der Waals surface area contributed by atoms with Gasteiger partial charge in [0.15, 0.2) is 0 Å². The minimum Gasteiger partial charge on any atom is -0.308 e. The van der Waals surface area contributed by atoms with Crippen molar-refractivity contribution in [3.63, 3.8) is 0 Å². The van der Waals surface area contributed by atoms with Gasteiger partial charge in [0, 0.05) is 0 Å². The van der Waals surface area contributed by atoms with Gasteiger partial charge in [0.2, 0.25) is 0 Å². The van der Waals surface area contributed by atoms with Crippen LogP contribution in [0.15, 0.2) is 12.2 Å². The second kappa shape index (κ2) is 3.10. The van der Waals surface area contributed by atoms with Crippen LogP contribution in [0.25, 0.3) is 0 Å². The third-order valence-corrected chi connectivity index (χ3v) is 1.70. The maximum Gasteiger partial charge on any atom is 0.253 e. The normalized spacial score (nSPS) is 27.5. The van der Waals surface area contributed by atoms with Gasteiger partial charge in [0.05, 0.1) is 6.04 Å². The summed E-state index contributed by atoms with van der Waals surface area (Å²) in [6.45, 7) is 4.32. The molecule has 0 saturated carbocycles. The van der Waals surface area contributed by atoms with Crippen molar-refractivity contribution in [2.24, 2.45) is 0 Å². The first kappa shape index (κ1) is 7.66. The van der Waals surface area contributed by atoms with E-state index >= 15 is 0 Å². The van der Waals surface area contributed by atoms with E-state index in [4.69, 9.17) is 0 Å². The van der Waals surface area contributed by atoms with E-state index in [1.807, 2.05) is 0 Å².